The SMILES string of the molecule is Cc1cc(C)cc(Nc2nccc(Nc3ccc(N4CCN(C)CC4)cc3)n2)c1. The van der Waals surface area contributed by atoms with E-state index < -0.39 is 0 Å². The van der Waals surface area contributed by atoms with Gasteiger partial charge in [-0.15, -0.1) is 0 Å². The van der Waals surface area contributed by atoms with Crippen LogP contribution in [0.25, 0.3) is 0 Å². The zero-order chi connectivity index (χ0) is 20.2. The van der Waals surface area contributed by atoms with Gasteiger partial charge in [0.15, 0.2) is 0 Å². The molecule has 4 rings (SSSR count). The Morgan fingerprint density at radius 1 is 0.793 bits per heavy atom. The van der Waals surface area contributed by atoms with Gasteiger partial charge in [0.2, 0.25) is 5.95 Å². The van der Waals surface area contributed by atoms with Gasteiger partial charge >= 0.3 is 0 Å². The summed E-state index contributed by atoms with van der Waals surface area (Å²) in [5, 5.41) is 6.67. The molecule has 3 aromatic rings. The second kappa shape index (κ2) is 8.49. The Bertz CT molecular complexity index is 941. The number of hydrogen-bond donors (Lipinski definition) is 2. The van der Waals surface area contributed by atoms with Crippen LogP contribution in [0, 0.1) is 13.8 Å². The maximum atomic E-state index is 4.59. The molecule has 0 aliphatic carbocycles. The Kier molecular flexibility index (Phi) is 5.62. The van der Waals surface area contributed by atoms with Crippen LogP contribution in [0.5, 0.6) is 0 Å². The fourth-order valence-corrected chi connectivity index (χ4v) is 3.63. The van der Waals surface area contributed by atoms with Gasteiger partial charge in [-0.3, -0.25) is 0 Å². The van der Waals surface area contributed by atoms with Crippen molar-refractivity contribution in [3.05, 3.63) is 65.9 Å². The van der Waals surface area contributed by atoms with Crippen molar-refractivity contribution in [1.29, 1.82) is 0 Å². The smallest absolute Gasteiger partial charge is 0.229 e. The predicted octanol–water partition coefficient (Wildman–Crippen LogP) is 4.33. The Balaban J connectivity index is 1.42. The van der Waals surface area contributed by atoms with Gasteiger partial charge < -0.3 is 20.4 Å². The highest BCUT2D eigenvalue weighted by Crippen LogP contribution is 2.22. The summed E-state index contributed by atoms with van der Waals surface area (Å²) < 4.78 is 0. The van der Waals surface area contributed by atoms with E-state index in [9.17, 15) is 0 Å². The van der Waals surface area contributed by atoms with Crippen molar-refractivity contribution < 1.29 is 0 Å². The third-order valence-corrected chi connectivity index (χ3v) is 5.14. The number of anilines is 5. The second-order valence-electron chi connectivity index (χ2n) is 7.73. The highest BCUT2D eigenvalue weighted by molar-refractivity contribution is 5.63. The summed E-state index contributed by atoms with van der Waals surface area (Å²) in [5.41, 5.74) is 5.70. The van der Waals surface area contributed by atoms with Crippen LogP contribution in [0.2, 0.25) is 0 Å². The van der Waals surface area contributed by atoms with Gasteiger partial charge in [0.25, 0.3) is 0 Å². The van der Waals surface area contributed by atoms with Crippen molar-refractivity contribution >= 4 is 28.8 Å². The molecule has 0 bridgehead atoms. The quantitative estimate of drug-likeness (QED) is 0.678. The highest BCUT2D eigenvalue weighted by Gasteiger charge is 2.14. The summed E-state index contributed by atoms with van der Waals surface area (Å²) in [6.45, 7) is 8.53. The van der Waals surface area contributed by atoms with Crippen molar-refractivity contribution in [3.63, 3.8) is 0 Å². The van der Waals surface area contributed by atoms with Gasteiger partial charge in [0, 0.05) is 49.4 Å². The Hall–Kier alpha value is -3.12. The minimum Gasteiger partial charge on any atom is -0.369 e. The first-order valence-electron chi connectivity index (χ1n) is 10.0. The number of piperazine rings is 1. The maximum absolute atomic E-state index is 4.59. The summed E-state index contributed by atoms with van der Waals surface area (Å²) in [5.74, 6) is 1.34. The Morgan fingerprint density at radius 2 is 1.48 bits per heavy atom. The lowest BCUT2D eigenvalue weighted by atomic mass is 10.1. The molecule has 2 N–H and O–H groups in total. The lowest BCUT2D eigenvalue weighted by molar-refractivity contribution is 0.313. The first kappa shape index (κ1) is 19.2. The third-order valence-electron chi connectivity index (χ3n) is 5.14. The molecule has 6 heteroatoms. The molecular formula is C23H28N6. The number of nitrogens with zero attached hydrogens (tertiary/aromatic N) is 4. The molecule has 1 fully saturated rings. The molecule has 0 spiro atoms. The summed E-state index contributed by atoms with van der Waals surface area (Å²) in [6, 6.07) is 16.8. The van der Waals surface area contributed by atoms with Crippen molar-refractivity contribution in [2.75, 3.05) is 48.8 Å². The number of nitrogens with one attached hydrogen (secondary N) is 2. The molecule has 1 aliphatic rings. The maximum Gasteiger partial charge on any atom is 0.229 e. The van der Waals surface area contributed by atoms with E-state index in [1.807, 2.05) is 6.07 Å². The minimum atomic E-state index is 0.578. The van der Waals surface area contributed by atoms with E-state index in [0.29, 0.717) is 5.95 Å². The minimum absolute atomic E-state index is 0.578. The van der Waals surface area contributed by atoms with E-state index in [4.69, 9.17) is 0 Å². The lowest BCUT2D eigenvalue weighted by Gasteiger charge is -2.34. The molecule has 1 saturated heterocycles. The van der Waals surface area contributed by atoms with Crippen LogP contribution in [0.1, 0.15) is 11.1 Å². The molecule has 0 radical (unpaired) electrons. The van der Waals surface area contributed by atoms with Crippen LogP contribution in [-0.2, 0) is 0 Å². The Labute approximate surface area is 172 Å². The van der Waals surface area contributed by atoms with Crippen molar-refractivity contribution in [2.45, 2.75) is 13.8 Å². The Morgan fingerprint density at radius 3 is 2.17 bits per heavy atom. The van der Waals surface area contributed by atoms with E-state index in [-0.39, 0.29) is 0 Å². The van der Waals surface area contributed by atoms with E-state index in [1.165, 1.54) is 16.8 Å². The van der Waals surface area contributed by atoms with Gasteiger partial charge in [-0.05, 0) is 74.5 Å². The van der Waals surface area contributed by atoms with Crippen LogP contribution in [-0.4, -0.2) is 48.1 Å². The van der Waals surface area contributed by atoms with Crippen molar-refractivity contribution in [2.24, 2.45) is 0 Å². The van der Waals surface area contributed by atoms with Crippen LogP contribution in [0.3, 0.4) is 0 Å². The first-order chi connectivity index (χ1) is 14.0. The largest absolute Gasteiger partial charge is 0.369 e. The number of aromatic nitrogens is 2. The number of likely N-dealkylation sites (N-methyl/N-ethyl adjacent to an activating group) is 1. The molecular weight excluding hydrogens is 360 g/mol. The summed E-state index contributed by atoms with van der Waals surface area (Å²) in [4.78, 5) is 13.7. The fraction of sp³-hybridized carbons (Fsp3) is 0.304. The number of aryl methyl sites for hydroxylation is 2. The predicted molar refractivity (Wildman–Crippen MR) is 121 cm³/mol. The van der Waals surface area contributed by atoms with Gasteiger partial charge in [0.05, 0.1) is 0 Å². The van der Waals surface area contributed by atoms with Gasteiger partial charge in [-0.25, -0.2) is 4.98 Å². The average molecular weight is 389 g/mol. The molecule has 6 nitrogen and oxygen atoms in total. The molecule has 150 valence electrons. The molecule has 1 aliphatic heterocycles. The van der Waals surface area contributed by atoms with Gasteiger partial charge in [-0.2, -0.15) is 4.98 Å². The third kappa shape index (κ3) is 5.03. The summed E-state index contributed by atoms with van der Waals surface area (Å²) in [7, 11) is 2.18. The summed E-state index contributed by atoms with van der Waals surface area (Å²) in [6.07, 6.45) is 1.76. The van der Waals surface area contributed by atoms with Crippen LogP contribution >= 0.6 is 0 Å². The van der Waals surface area contributed by atoms with E-state index >= 15 is 0 Å². The summed E-state index contributed by atoms with van der Waals surface area (Å²) >= 11 is 0. The molecule has 0 amide bonds. The second-order valence-corrected chi connectivity index (χ2v) is 7.73. The van der Waals surface area contributed by atoms with Gasteiger partial charge in [0.1, 0.15) is 5.82 Å². The molecule has 1 aromatic heterocycles. The van der Waals surface area contributed by atoms with Crippen molar-refractivity contribution in [3.8, 4) is 0 Å². The molecule has 0 atom stereocenters. The molecule has 2 aromatic carbocycles. The molecule has 2 heterocycles. The van der Waals surface area contributed by atoms with E-state index in [0.717, 1.165) is 43.4 Å². The number of hydrogen-bond acceptors (Lipinski definition) is 6. The number of rotatable bonds is 5. The normalized spacial score (nSPS) is 14.7. The zero-order valence-corrected chi connectivity index (χ0v) is 17.3. The van der Waals surface area contributed by atoms with Crippen molar-refractivity contribution in [1.82, 2.24) is 14.9 Å². The molecule has 0 unspecified atom stereocenters. The van der Waals surface area contributed by atoms with Crippen LogP contribution in [0.4, 0.5) is 28.8 Å². The zero-order valence-electron chi connectivity index (χ0n) is 17.3. The van der Waals surface area contributed by atoms with Gasteiger partial charge in [-0.1, -0.05) is 6.07 Å². The van der Waals surface area contributed by atoms with Crippen LogP contribution < -0.4 is 15.5 Å². The monoisotopic (exact) mass is 388 g/mol. The lowest BCUT2D eigenvalue weighted by Crippen LogP contribution is -2.44. The number of benzene rings is 2. The van der Waals surface area contributed by atoms with E-state index in [1.54, 1.807) is 6.20 Å². The first-order valence-corrected chi connectivity index (χ1v) is 10.0. The average Bonchev–Trinajstić information content (AvgIpc) is 2.69. The van der Waals surface area contributed by atoms with Crippen LogP contribution in [0.15, 0.2) is 54.7 Å². The standard InChI is InChI=1S/C23H28N6/c1-17-14-18(2)16-20(15-17)26-23-24-9-8-22(27-23)25-19-4-6-21(7-5-19)29-12-10-28(3)11-13-29/h4-9,14-16H,10-13H2,1-3H3,(H2,24,25,26,27). The molecule has 29 heavy (non-hydrogen) atoms. The topological polar surface area (TPSA) is 56.3 Å². The van der Waals surface area contributed by atoms with E-state index in [2.05, 4.69) is 93.8 Å². The molecule has 0 saturated carbocycles. The fourth-order valence-electron chi connectivity index (χ4n) is 3.63. The highest BCUT2D eigenvalue weighted by atomic mass is 15.2.